The Bertz CT molecular complexity index is 792. The molecule has 0 N–H and O–H groups in total. The lowest BCUT2D eigenvalue weighted by molar-refractivity contribution is -0.149. The van der Waals surface area contributed by atoms with Crippen LogP contribution in [0.4, 0.5) is 0 Å². The van der Waals surface area contributed by atoms with Gasteiger partial charge in [-0.15, -0.1) is 0 Å². The van der Waals surface area contributed by atoms with Gasteiger partial charge in [-0.2, -0.15) is 0 Å². The Kier molecular flexibility index (Phi) is 5.74. The number of carbonyl (C=O) groups excluding carboxylic acids is 2. The van der Waals surface area contributed by atoms with Crippen LogP contribution in [0.25, 0.3) is 0 Å². The first-order chi connectivity index (χ1) is 13.9. The fourth-order valence-electron chi connectivity index (χ4n) is 5.60. The third-order valence-electron chi connectivity index (χ3n) is 7.41. The molecule has 1 aromatic carbocycles. The summed E-state index contributed by atoms with van der Waals surface area (Å²) >= 11 is 6.51. The first-order valence-electron chi connectivity index (χ1n) is 10.9. The molecule has 0 aromatic heterocycles. The van der Waals surface area contributed by atoms with E-state index in [1.54, 1.807) is 0 Å². The molecule has 0 radical (unpaired) electrons. The van der Waals surface area contributed by atoms with Crippen molar-refractivity contribution in [2.24, 2.45) is 17.3 Å². The number of benzene rings is 1. The zero-order valence-corrected chi connectivity index (χ0v) is 18.0. The van der Waals surface area contributed by atoms with Crippen LogP contribution in [0, 0.1) is 17.3 Å². The topological polar surface area (TPSA) is 40.6 Å². The number of hydrogen-bond donors (Lipinski definition) is 0. The van der Waals surface area contributed by atoms with Gasteiger partial charge in [-0.3, -0.25) is 9.59 Å². The van der Waals surface area contributed by atoms with Crippen molar-refractivity contribution in [2.45, 2.75) is 44.9 Å². The molecular formula is C24H31ClN2O2. The molecule has 3 aliphatic rings. The highest BCUT2D eigenvalue weighted by Gasteiger charge is 2.47. The molecule has 2 heterocycles. The van der Waals surface area contributed by atoms with Crippen LogP contribution in [-0.2, 0) is 9.59 Å². The van der Waals surface area contributed by atoms with Crippen molar-refractivity contribution in [1.29, 1.82) is 0 Å². The Morgan fingerprint density at radius 2 is 1.83 bits per heavy atom. The zero-order chi connectivity index (χ0) is 20.6. The van der Waals surface area contributed by atoms with Gasteiger partial charge in [-0.05, 0) is 61.6 Å². The third kappa shape index (κ3) is 3.96. The average Bonchev–Trinajstić information content (AvgIpc) is 2.71. The van der Waals surface area contributed by atoms with Crippen LogP contribution < -0.4 is 0 Å². The number of likely N-dealkylation sites (tertiary alicyclic amines) is 2. The molecule has 1 aromatic rings. The number of amides is 2. The second kappa shape index (κ2) is 8.14. The average molecular weight is 415 g/mol. The summed E-state index contributed by atoms with van der Waals surface area (Å²) in [5.74, 6) is 1.18. The summed E-state index contributed by atoms with van der Waals surface area (Å²) in [6, 6.07) is 8.02. The monoisotopic (exact) mass is 414 g/mol. The lowest BCUT2D eigenvalue weighted by Gasteiger charge is -2.54. The molecule has 3 fully saturated rings. The Balaban J connectivity index is 1.42. The summed E-state index contributed by atoms with van der Waals surface area (Å²) in [4.78, 5) is 29.2. The van der Waals surface area contributed by atoms with E-state index in [1.807, 2.05) is 23.1 Å². The minimum atomic E-state index is 0.0213. The van der Waals surface area contributed by atoms with Gasteiger partial charge in [-0.25, -0.2) is 0 Å². The number of hydrogen-bond acceptors (Lipinski definition) is 2. The molecule has 3 atom stereocenters. The second-order valence-electron chi connectivity index (χ2n) is 9.38. The van der Waals surface area contributed by atoms with E-state index < -0.39 is 0 Å². The van der Waals surface area contributed by atoms with Gasteiger partial charge in [0.25, 0.3) is 0 Å². The second-order valence-corrected chi connectivity index (χ2v) is 9.78. The van der Waals surface area contributed by atoms with E-state index in [0.717, 1.165) is 68.9 Å². The van der Waals surface area contributed by atoms with Gasteiger partial charge in [-0.1, -0.05) is 43.3 Å². The molecule has 5 heteroatoms. The van der Waals surface area contributed by atoms with Crippen LogP contribution in [0.1, 0.15) is 50.5 Å². The van der Waals surface area contributed by atoms with E-state index in [4.69, 9.17) is 11.6 Å². The minimum Gasteiger partial charge on any atom is -0.342 e. The molecule has 1 saturated carbocycles. The van der Waals surface area contributed by atoms with E-state index in [2.05, 4.69) is 24.5 Å². The highest BCUT2D eigenvalue weighted by Crippen LogP contribution is 2.45. The predicted octanol–water partition coefficient (Wildman–Crippen LogP) is 4.50. The highest BCUT2D eigenvalue weighted by molar-refractivity contribution is 6.31. The number of halogens is 1. The number of nitrogens with zero attached hydrogens (tertiary/aromatic N) is 2. The Hall–Kier alpha value is -1.81. The molecule has 29 heavy (non-hydrogen) atoms. The molecule has 1 spiro atoms. The lowest BCUT2D eigenvalue weighted by atomic mass is 9.69. The maximum atomic E-state index is 13.5. The van der Waals surface area contributed by atoms with Gasteiger partial charge in [0.2, 0.25) is 11.8 Å². The predicted molar refractivity (Wildman–Crippen MR) is 116 cm³/mol. The molecule has 4 rings (SSSR count). The summed E-state index contributed by atoms with van der Waals surface area (Å²) in [6.45, 7) is 9.07. The van der Waals surface area contributed by atoms with Crippen molar-refractivity contribution in [3.05, 3.63) is 47.5 Å². The largest absolute Gasteiger partial charge is 0.342 e. The van der Waals surface area contributed by atoms with Crippen molar-refractivity contribution in [3.63, 3.8) is 0 Å². The first-order valence-corrected chi connectivity index (χ1v) is 11.2. The quantitative estimate of drug-likeness (QED) is 0.683. The van der Waals surface area contributed by atoms with Gasteiger partial charge in [0.1, 0.15) is 0 Å². The Morgan fingerprint density at radius 1 is 1.14 bits per heavy atom. The summed E-state index contributed by atoms with van der Waals surface area (Å²) in [5.41, 5.74) is 1.34. The van der Waals surface area contributed by atoms with Crippen molar-refractivity contribution < 1.29 is 9.59 Å². The summed E-state index contributed by atoms with van der Waals surface area (Å²) in [7, 11) is 0. The number of rotatable bonds is 3. The van der Waals surface area contributed by atoms with Crippen LogP contribution in [0.15, 0.2) is 36.9 Å². The van der Waals surface area contributed by atoms with Crippen LogP contribution in [0.3, 0.4) is 0 Å². The fraction of sp³-hybridized carbons (Fsp3) is 0.583. The van der Waals surface area contributed by atoms with Crippen LogP contribution in [-0.4, -0.2) is 47.8 Å². The summed E-state index contributed by atoms with van der Waals surface area (Å²) in [5, 5.41) is 0.781. The molecule has 2 saturated heterocycles. The fourth-order valence-corrected chi connectivity index (χ4v) is 5.87. The normalized spacial score (nSPS) is 28.7. The van der Waals surface area contributed by atoms with Gasteiger partial charge < -0.3 is 9.80 Å². The van der Waals surface area contributed by atoms with Gasteiger partial charge in [0, 0.05) is 42.5 Å². The molecule has 4 nitrogen and oxygen atoms in total. The van der Waals surface area contributed by atoms with Crippen molar-refractivity contribution in [2.75, 3.05) is 26.2 Å². The van der Waals surface area contributed by atoms with Crippen LogP contribution >= 0.6 is 11.6 Å². The summed E-state index contributed by atoms with van der Waals surface area (Å²) < 4.78 is 0. The molecule has 1 aliphatic carbocycles. The summed E-state index contributed by atoms with van der Waals surface area (Å²) in [6.07, 6.45) is 6.44. The van der Waals surface area contributed by atoms with Gasteiger partial charge >= 0.3 is 0 Å². The van der Waals surface area contributed by atoms with Gasteiger partial charge in [0.15, 0.2) is 0 Å². The van der Waals surface area contributed by atoms with Crippen molar-refractivity contribution in [3.8, 4) is 0 Å². The standard InChI is InChI=1S/C24H31ClN2O2/c1-3-22(28)27-15-24(16-27)10-12-26(13-11-24)23(29)19-9-8-17(2)14-20(19)18-6-4-5-7-21(18)25/h3-7,17,19-20H,1,8-16H2,2H3/t17-,19-,20+/m1/s1. The SMILES string of the molecule is C=CC(=O)N1CC2(CCN(C(=O)[C@@H]3CC[C@@H](C)C[C@H]3c3ccccc3Cl)CC2)C1. The van der Waals surface area contributed by atoms with Crippen LogP contribution in [0.5, 0.6) is 0 Å². The molecule has 2 amide bonds. The van der Waals surface area contributed by atoms with E-state index in [-0.39, 0.29) is 23.2 Å². The smallest absolute Gasteiger partial charge is 0.245 e. The molecule has 0 unspecified atom stereocenters. The lowest BCUT2D eigenvalue weighted by Crippen LogP contribution is -2.62. The Labute approximate surface area is 178 Å². The molecule has 156 valence electrons. The van der Waals surface area contributed by atoms with E-state index in [1.165, 1.54) is 6.08 Å². The Morgan fingerprint density at radius 3 is 2.48 bits per heavy atom. The van der Waals surface area contributed by atoms with Crippen molar-refractivity contribution in [1.82, 2.24) is 9.80 Å². The third-order valence-corrected chi connectivity index (χ3v) is 7.75. The molecule has 2 aliphatic heterocycles. The van der Waals surface area contributed by atoms with E-state index >= 15 is 0 Å². The van der Waals surface area contributed by atoms with E-state index in [9.17, 15) is 9.59 Å². The zero-order valence-electron chi connectivity index (χ0n) is 17.3. The van der Waals surface area contributed by atoms with E-state index in [0.29, 0.717) is 11.8 Å². The maximum absolute atomic E-state index is 13.5. The first kappa shape index (κ1) is 20.5. The number of piperidine rings is 1. The van der Waals surface area contributed by atoms with Crippen molar-refractivity contribution >= 4 is 23.4 Å². The van der Waals surface area contributed by atoms with Crippen LogP contribution in [0.2, 0.25) is 5.02 Å². The molecule has 0 bridgehead atoms. The van der Waals surface area contributed by atoms with Gasteiger partial charge in [0.05, 0.1) is 0 Å². The maximum Gasteiger partial charge on any atom is 0.245 e. The minimum absolute atomic E-state index is 0.0213. The molecular weight excluding hydrogens is 384 g/mol. The number of carbonyl (C=O) groups is 2. The highest BCUT2D eigenvalue weighted by atomic mass is 35.5.